The first-order valence-electron chi connectivity index (χ1n) is 8.21. The van der Waals surface area contributed by atoms with Crippen molar-refractivity contribution < 1.29 is 0 Å². The van der Waals surface area contributed by atoms with Crippen molar-refractivity contribution in [3.05, 3.63) is 30.1 Å². The van der Waals surface area contributed by atoms with Crippen LogP contribution in [0.4, 0.5) is 0 Å². The van der Waals surface area contributed by atoms with Crippen molar-refractivity contribution in [1.29, 1.82) is 0 Å². The van der Waals surface area contributed by atoms with Gasteiger partial charge in [0.25, 0.3) is 0 Å². The predicted octanol–water partition coefficient (Wildman–Crippen LogP) is 5.13. The van der Waals surface area contributed by atoms with Crippen molar-refractivity contribution in [2.45, 2.75) is 64.8 Å². The Balaban J connectivity index is 1.83. The number of nitrogens with zero attached hydrogens (tertiary/aromatic N) is 2. The van der Waals surface area contributed by atoms with E-state index in [2.05, 4.69) is 42.7 Å². The molecule has 1 aliphatic rings. The van der Waals surface area contributed by atoms with E-state index in [1.807, 2.05) is 0 Å². The fourth-order valence-electron chi connectivity index (χ4n) is 3.56. The van der Waals surface area contributed by atoms with Crippen LogP contribution in [0.5, 0.6) is 0 Å². The number of rotatable bonds is 4. The van der Waals surface area contributed by atoms with Gasteiger partial charge in [-0.3, -0.25) is 0 Å². The van der Waals surface area contributed by atoms with Gasteiger partial charge in [0.2, 0.25) is 0 Å². The maximum atomic E-state index is 4.84. The molecule has 1 heterocycles. The molecule has 3 rings (SSSR count). The highest BCUT2D eigenvalue weighted by atomic mass is 15.1. The molecule has 1 aromatic heterocycles. The number of benzene rings is 1. The van der Waals surface area contributed by atoms with Crippen molar-refractivity contribution in [3.8, 4) is 0 Å². The summed E-state index contributed by atoms with van der Waals surface area (Å²) in [5.41, 5.74) is 2.46. The van der Waals surface area contributed by atoms with Gasteiger partial charge in [0.05, 0.1) is 11.0 Å². The van der Waals surface area contributed by atoms with Gasteiger partial charge in [0.15, 0.2) is 0 Å². The van der Waals surface area contributed by atoms with E-state index in [1.165, 1.54) is 49.9 Å². The quantitative estimate of drug-likeness (QED) is 0.753. The van der Waals surface area contributed by atoms with Crippen LogP contribution < -0.4 is 0 Å². The van der Waals surface area contributed by atoms with E-state index in [9.17, 15) is 0 Å². The van der Waals surface area contributed by atoms with Gasteiger partial charge in [0.1, 0.15) is 5.82 Å². The maximum Gasteiger partial charge on any atom is 0.112 e. The summed E-state index contributed by atoms with van der Waals surface area (Å²) < 4.78 is 2.47. The summed E-state index contributed by atoms with van der Waals surface area (Å²) >= 11 is 0. The third-order valence-corrected chi connectivity index (χ3v) is 4.69. The fraction of sp³-hybridized carbons (Fsp3) is 0.611. The molecule has 2 heteroatoms. The van der Waals surface area contributed by atoms with E-state index in [0.29, 0.717) is 5.92 Å². The largest absolute Gasteiger partial charge is 0.328 e. The van der Waals surface area contributed by atoms with E-state index < -0.39 is 0 Å². The van der Waals surface area contributed by atoms with E-state index in [-0.39, 0.29) is 0 Å². The van der Waals surface area contributed by atoms with Crippen LogP contribution in [0.1, 0.15) is 64.1 Å². The lowest BCUT2D eigenvalue weighted by atomic mass is 9.87. The Morgan fingerprint density at radius 2 is 1.90 bits per heavy atom. The van der Waals surface area contributed by atoms with Crippen LogP contribution in [-0.2, 0) is 6.54 Å². The Labute approximate surface area is 122 Å². The molecule has 0 atom stereocenters. The van der Waals surface area contributed by atoms with Crippen LogP contribution in [-0.4, -0.2) is 9.55 Å². The van der Waals surface area contributed by atoms with Crippen LogP contribution in [0, 0.1) is 5.92 Å². The third-order valence-electron chi connectivity index (χ3n) is 4.69. The number of hydrogen-bond donors (Lipinski definition) is 0. The summed E-state index contributed by atoms with van der Waals surface area (Å²) in [4.78, 5) is 4.84. The number of aromatic nitrogens is 2. The Morgan fingerprint density at radius 1 is 1.15 bits per heavy atom. The molecule has 2 aromatic rings. The monoisotopic (exact) mass is 270 g/mol. The second-order valence-corrected chi connectivity index (χ2v) is 6.56. The van der Waals surface area contributed by atoms with Gasteiger partial charge in [-0.1, -0.05) is 58.1 Å². The molecule has 2 nitrogen and oxygen atoms in total. The highest BCUT2D eigenvalue weighted by Crippen LogP contribution is 2.28. The van der Waals surface area contributed by atoms with E-state index in [0.717, 1.165) is 18.0 Å². The minimum Gasteiger partial charge on any atom is -0.328 e. The molecule has 1 aromatic carbocycles. The Morgan fingerprint density at radius 3 is 2.65 bits per heavy atom. The summed E-state index contributed by atoms with van der Waals surface area (Å²) in [6.07, 6.45) is 8.51. The average molecular weight is 270 g/mol. The van der Waals surface area contributed by atoms with Crippen molar-refractivity contribution in [2.24, 2.45) is 5.92 Å². The van der Waals surface area contributed by atoms with Gasteiger partial charge in [0, 0.05) is 12.5 Å². The molecular formula is C18H26N2. The molecule has 0 amide bonds. The highest BCUT2D eigenvalue weighted by Gasteiger charge is 2.17. The lowest BCUT2D eigenvalue weighted by molar-refractivity contribution is 0.323. The fourth-order valence-corrected chi connectivity index (χ4v) is 3.56. The van der Waals surface area contributed by atoms with Gasteiger partial charge >= 0.3 is 0 Å². The molecule has 1 saturated carbocycles. The normalized spacial score (nSPS) is 17.1. The molecule has 1 fully saturated rings. The minimum atomic E-state index is 0.494. The van der Waals surface area contributed by atoms with Crippen LogP contribution >= 0.6 is 0 Å². The topological polar surface area (TPSA) is 17.8 Å². The van der Waals surface area contributed by atoms with Crippen molar-refractivity contribution >= 4 is 11.0 Å². The van der Waals surface area contributed by atoms with Gasteiger partial charge in [-0.2, -0.15) is 0 Å². The molecule has 0 unspecified atom stereocenters. The molecule has 0 N–H and O–H groups in total. The van der Waals surface area contributed by atoms with Crippen molar-refractivity contribution in [3.63, 3.8) is 0 Å². The Bertz CT molecular complexity index is 562. The Hall–Kier alpha value is -1.31. The lowest BCUT2D eigenvalue weighted by Gasteiger charge is -2.22. The smallest absolute Gasteiger partial charge is 0.112 e. The molecule has 0 bridgehead atoms. The number of fused-ring (bicyclic) bond motifs is 1. The average Bonchev–Trinajstić information content (AvgIpc) is 2.85. The summed E-state index contributed by atoms with van der Waals surface area (Å²) in [5.74, 6) is 2.68. The first-order chi connectivity index (χ1) is 9.75. The van der Waals surface area contributed by atoms with E-state index in [4.69, 9.17) is 4.98 Å². The van der Waals surface area contributed by atoms with Crippen LogP contribution in [0.25, 0.3) is 11.0 Å². The standard InChI is InChI=1S/C18H26N2/c1-14(2)18-19-16-10-6-7-11-17(16)20(18)13-12-15-8-4-3-5-9-15/h6-7,10-11,14-15H,3-5,8-9,12-13H2,1-2H3. The molecular weight excluding hydrogens is 244 g/mol. The zero-order chi connectivity index (χ0) is 13.9. The van der Waals surface area contributed by atoms with Crippen LogP contribution in [0.2, 0.25) is 0 Å². The molecule has 20 heavy (non-hydrogen) atoms. The highest BCUT2D eigenvalue weighted by molar-refractivity contribution is 5.76. The molecule has 0 radical (unpaired) electrons. The number of para-hydroxylation sites is 2. The van der Waals surface area contributed by atoms with Crippen LogP contribution in [0.15, 0.2) is 24.3 Å². The van der Waals surface area contributed by atoms with Crippen molar-refractivity contribution in [2.75, 3.05) is 0 Å². The zero-order valence-electron chi connectivity index (χ0n) is 12.8. The van der Waals surface area contributed by atoms with Gasteiger partial charge in [-0.25, -0.2) is 4.98 Å². The first kappa shape index (κ1) is 13.7. The minimum absolute atomic E-state index is 0.494. The number of hydrogen-bond acceptors (Lipinski definition) is 1. The van der Waals surface area contributed by atoms with Crippen LogP contribution in [0.3, 0.4) is 0 Å². The molecule has 1 aliphatic carbocycles. The SMILES string of the molecule is CC(C)c1nc2ccccc2n1CCC1CCCCC1. The second-order valence-electron chi connectivity index (χ2n) is 6.56. The van der Waals surface area contributed by atoms with Gasteiger partial charge in [-0.15, -0.1) is 0 Å². The molecule has 0 spiro atoms. The van der Waals surface area contributed by atoms with Gasteiger partial charge < -0.3 is 4.57 Å². The third kappa shape index (κ3) is 2.74. The number of imidazole rings is 1. The first-order valence-corrected chi connectivity index (χ1v) is 8.21. The molecule has 0 saturated heterocycles. The maximum absolute atomic E-state index is 4.84. The summed E-state index contributed by atoms with van der Waals surface area (Å²) in [6.45, 7) is 5.63. The van der Waals surface area contributed by atoms with Gasteiger partial charge in [-0.05, 0) is 24.5 Å². The molecule has 0 aliphatic heterocycles. The van der Waals surface area contributed by atoms with Crippen molar-refractivity contribution in [1.82, 2.24) is 9.55 Å². The lowest BCUT2D eigenvalue weighted by Crippen LogP contribution is -2.12. The zero-order valence-corrected chi connectivity index (χ0v) is 12.8. The molecule has 108 valence electrons. The summed E-state index contributed by atoms with van der Waals surface area (Å²) in [5, 5.41) is 0. The van der Waals surface area contributed by atoms with E-state index >= 15 is 0 Å². The predicted molar refractivity (Wildman–Crippen MR) is 85.0 cm³/mol. The summed E-state index contributed by atoms with van der Waals surface area (Å²) in [6, 6.07) is 8.57. The Kier molecular flexibility index (Phi) is 4.09. The van der Waals surface area contributed by atoms with E-state index in [1.54, 1.807) is 0 Å². The number of aryl methyl sites for hydroxylation is 1. The summed E-state index contributed by atoms with van der Waals surface area (Å²) in [7, 11) is 0. The second kappa shape index (κ2) is 5.99.